The standard InChI is InChI=1S/C17H34N2O/c1-7-9-10-16(8-2)12-20-15(5)11-17(6,13-18)19-14(3)4/h14-16,19H,7-12H2,1-6H3. The molecule has 118 valence electrons. The van der Waals surface area contributed by atoms with E-state index in [0.717, 1.165) is 13.0 Å². The smallest absolute Gasteiger partial charge is 0.106 e. The fourth-order valence-corrected chi connectivity index (χ4v) is 2.61. The number of hydrogen-bond donors (Lipinski definition) is 1. The molecule has 0 amide bonds. The number of rotatable bonds is 11. The molecule has 0 saturated heterocycles. The molecule has 1 N–H and O–H groups in total. The van der Waals surface area contributed by atoms with Crippen LogP contribution in [0.2, 0.25) is 0 Å². The second kappa shape index (κ2) is 10.2. The van der Waals surface area contributed by atoms with E-state index in [2.05, 4.69) is 46.0 Å². The summed E-state index contributed by atoms with van der Waals surface area (Å²) in [5.41, 5.74) is -0.501. The zero-order valence-electron chi connectivity index (χ0n) is 14.3. The van der Waals surface area contributed by atoms with Gasteiger partial charge in [0.25, 0.3) is 0 Å². The van der Waals surface area contributed by atoms with Crippen LogP contribution in [0.25, 0.3) is 0 Å². The lowest BCUT2D eigenvalue weighted by atomic mass is 9.95. The molecular weight excluding hydrogens is 248 g/mol. The molecule has 0 aromatic carbocycles. The fourth-order valence-electron chi connectivity index (χ4n) is 2.61. The average Bonchev–Trinajstić information content (AvgIpc) is 2.38. The normalized spacial score (nSPS) is 17.5. The van der Waals surface area contributed by atoms with Gasteiger partial charge in [-0.1, -0.05) is 33.1 Å². The van der Waals surface area contributed by atoms with E-state index in [1.807, 2.05) is 6.92 Å². The maximum atomic E-state index is 9.35. The average molecular weight is 282 g/mol. The summed E-state index contributed by atoms with van der Waals surface area (Å²) < 4.78 is 5.98. The molecule has 0 bridgehead atoms. The second-order valence-electron chi connectivity index (χ2n) is 6.51. The van der Waals surface area contributed by atoms with Crippen molar-refractivity contribution in [2.45, 2.75) is 91.3 Å². The maximum absolute atomic E-state index is 9.35. The van der Waals surface area contributed by atoms with Gasteiger partial charge in [-0.2, -0.15) is 5.26 Å². The van der Waals surface area contributed by atoms with Crippen molar-refractivity contribution in [2.24, 2.45) is 5.92 Å². The van der Waals surface area contributed by atoms with E-state index >= 15 is 0 Å². The first kappa shape index (κ1) is 19.4. The molecule has 0 rings (SSSR count). The number of nitriles is 1. The summed E-state index contributed by atoms with van der Waals surface area (Å²) in [5.74, 6) is 0.656. The molecule has 0 spiro atoms. The van der Waals surface area contributed by atoms with Gasteiger partial charge in [0.1, 0.15) is 5.54 Å². The summed E-state index contributed by atoms with van der Waals surface area (Å²) >= 11 is 0. The lowest BCUT2D eigenvalue weighted by Gasteiger charge is -2.29. The van der Waals surface area contributed by atoms with Crippen molar-refractivity contribution in [3.05, 3.63) is 0 Å². The Bertz CT molecular complexity index is 285. The quantitative estimate of drug-likeness (QED) is 0.615. The summed E-state index contributed by atoms with van der Waals surface area (Å²) in [7, 11) is 0. The highest BCUT2D eigenvalue weighted by Crippen LogP contribution is 2.18. The van der Waals surface area contributed by atoms with Gasteiger partial charge in [0, 0.05) is 19.1 Å². The number of nitrogens with zero attached hydrogens (tertiary/aromatic N) is 1. The summed E-state index contributed by atoms with van der Waals surface area (Å²) in [4.78, 5) is 0. The van der Waals surface area contributed by atoms with Crippen molar-refractivity contribution < 1.29 is 4.74 Å². The number of unbranched alkanes of at least 4 members (excludes halogenated alkanes) is 1. The largest absolute Gasteiger partial charge is 0.378 e. The highest BCUT2D eigenvalue weighted by Gasteiger charge is 2.27. The van der Waals surface area contributed by atoms with Gasteiger partial charge >= 0.3 is 0 Å². The molecule has 0 radical (unpaired) electrons. The van der Waals surface area contributed by atoms with Crippen LogP contribution in [-0.4, -0.2) is 24.3 Å². The Balaban J connectivity index is 4.19. The zero-order chi connectivity index (χ0) is 15.6. The SMILES string of the molecule is CCCCC(CC)COC(C)CC(C)(C#N)NC(C)C. The van der Waals surface area contributed by atoms with Gasteiger partial charge in [0.2, 0.25) is 0 Å². The van der Waals surface area contributed by atoms with Crippen molar-refractivity contribution in [2.75, 3.05) is 6.61 Å². The first-order valence-corrected chi connectivity index (χ1v) is 8.17. The summed E-state index contributed by atoms with van der Waals surface area (Å²) in [6.07, 6.45) is 5.79. The molecule has 0 aliphatic rings. The third-order valence-corrected chi connectivity index (χ3v) is 3.71. The van der Waals surface area contributed by atoms with Crippen LogP contribution in [0, 0.1) is 17.2 Å². The van der Waals surface area contributed by atoms with Crippen molar-refractivity contribution in [3.8, 4) is 6.07 Å². The molecular formula is C17H34N2O. The molecule has 3 unspecified atom stereocenters. The van der Waals surface area contributed by atoms with E-state index in [4.69, 9.17) is 4.74 Å². The molecule has 20 heavy (non-hydrogen) atoms. The summed E-state index contributed by atoms with van der Waals surface area (Å²) in [5, 5.41) is 12.7. The van der Waals surface area contributed by atoms with E-state index < -0.39 is 5.54 Å². The van der Waals surface area contributed by atoms with Crippen molar-refractivity contribution in [1.82, 2.24) is 5.32 Å². The fraction of sp³-hybridized carbons (Fsp3) is 0.941. The van der Waals surface area contributed by atoms with Gasteiger partial charge in [-0.25, -0.2) is 0 Å². The number of hydrogen-bond acceptors (Lipinski definition) is 3. The van der Waals surface area contributed by atoms with E-state index in [1.165, 1.54) is 25.7 Å². The molecule has 0 fully saturated rings. The minimum absolute atomic E-state index is 0.113. The number of ether oxygens (including phenoxy) is 1. The van der Waals surface area contributed by atoms with Gasteiger partial charge in [0.15, 0.2) is 0 Å². The Morgan fingerprint density at radius 2 is 1.90 bits per heavy atom. The molecule has 0 heterocycles. The van der Waals surface area contributed by atoms with Gasteiger partial charge in [-0.15, -0.1) is 0 Å². The molecule has 0 aliphatic carbocycles. The van der Waals surface area contributed by atoms with E-state index in [0.29, 0.717) is 12.0 Å². The summed E-state index contributed by atoms with van der Waals surface area (Å²) in [6.45, 7) is 13.4. The van der Waals surface area contributed by atoms with Gasteiger partial charge < -0.3 is 4.74 Å². The van der Waals surface area contributed by atoms with Crippen LogP contribution in [0.3, 0.4) is 0 Å². The topological polar surface area (TPSA) is 45.0 Å². The van der Waals surface area contributed by atoms with Crippen molar-refractivity contribution >= 4 is 0 Å². The van der Waals surface area contributed by atoms with E-state index in [9.17, 15) is 5.26 Å². The van der Waals surface area contributed by atoms with Crippen LogP contribution < -0.4 is 5.32 Å². The van der Waals surface area contributed by atoms with Gasteiger partial charge in [-0.05, 0) is 40.0 Å². The van der Waals surface area contributed by atoms with E-state index in [-0.39, 0.29) is 6.10 Å². The number of nitrogens with one attached hydrogen (secondary N) is 1. The Kier molecular flexibility index (Phi) is 9.88. The highest BCUT2D eigenvalue weighted by atomic mass is 16.5. The van der Waals surface area contributed by atoms with Crippen LogP contribution in [0.4, 0.5) is 0 Å². The minimum Gasteiger partial charge on any atom is -0.378 e. The molecule has 0 aliphatic heterocycles. The predicted molar refractivity (Wildman–Crippen MR) is 85.6 cm³/mol. The lowest BCUT2D eigenvalue weighted by molar-refractivity contribution is 0.0213. The Labute approximate surface area is 126 Å². The zero-order valence-corrected chi connectivity index (χ0v) is 14.3. The van der Waals surface area contributed by atoms with Crippen LogP contribution >= 0.6 is 0 Å². The maximum Gasteiger partial charge on any atom is 0.106 e. The third-order valence-electron chi connectivity index (χ3n) is 3.71. The van der Waals surface area contributed by atoms with E-state index in [1.54, 1.807) is 0 Å². The third kappa shape index (κ3) is 8.55. The minimum atomic E-state index is -0.501. The van der Waals surface area contributed by atoms with Gasteiger partial charge in [-0.3, -0.25) is 5.32 Å². The molecule has 0 saturated carbocycles. The predicted octanol–water partition coefficient (Wildman–Crippen LogP) is 4.28. The Morgan fingerprint density at radius 3 is 2.35 bits per heavy atom. The van der Waals surface area contributed by atoms with Crippen LogP contribution in [-0.2, 0) is 4.74 Å². The first-order chi connectivity index (χ1) is 9.36. The molecule has 0 aromatic heterocycles. The molecule has 3 heteroatoms. The lowest BCUT2D eigenvalue weighted by Crippen LogP contribution is -2.47. The second-order valence-corrected chi connectivity index (χ2v) is 6.51. The Morgan fingerprint density at radius 1 is 1.25 bits per heavy atom. The van der Waals surface area contributed by atoms with Crippen LogP contribution in [0.1, 0.15) is 73.6 Å². The van der Waals surface area contributed by atoms with Crippen LogP contribution in [0.5, 0.6) is 0 Å². The molecule has 3 atom stereocenters. The van der Waals surface area contributed by atoms with Crippen molar-refractivity contribution in [3.63, 3.8) is 0 Å². The molecule has 3 nitrogen and oxygen atoms in total. The highest BCUT2D eigenvalue weighted by molar-refractivity contribution is 5.05. The van der Waals surface area contributed by atoms with Gasteiger partial charge in [0.05, 0.1) is 12.2 Å². The van der Waals surface area contributed by atoms with Crippen LogP contribution in [0.15, 0.2) is 0 Å². The monoisotopic (exact) mass is 282 g/mol. The van der Waals surface area contributed by atoms with Crippen molar-refractivity contribution in [1.29, 1.82) is 5.26 Å². The first-order valence-electron chi connectivity index (χ1n) is 8.17. The molecule has 0 aromatic rings. The Hall–Kier alpha value is -0.590. The summed E-state index contributed by atoms with van der Waals surface area (Å²) in [6, 6.07) is 2.69.